The highest BCUT2D eigenvalue weighted by Gasteiger charge is 2.15. The Morgan fingerprint density at radius 2 is 2.00 bits per heavy atom. The maximum absolute atomic E-state index is 12.3. The van der Waals surface area contributed by atoms with Gasteiger partial charge in [0.25, 0.3) is 5.91 Å². The van der Waals surface area contributed by atoms with Gasteiger partial charge in [-0.15, -0.1) is 0 Å². The predicted octanol–water partition coefficient (Wildman–Crippen LogP) is 2.71. The van der Waals surface area contributed by atoms with Crippen molar-refractivity contribution in [3.63, 3.8) is 0 Å². The van der Waals surface area contributed by atoms with Gasteiger partial charge in [-0.05, 0) is 63.6 Å². The molecule has 0 atom stereocenters. The number of nitrogens with one attached hydrogen (secondary N) is 3. The number of nitrogens with zero attached hydrogens (tertiary/aromatic N) is 1. The van der Waals surface area contributed by atoms with Crippen LogP contribution >= 0.6 is 0 Å². The number of carbonyl (C=O) groups excluding carboxylic acids is 1. The van der Waals surface area contributed by atoms with Crippen LogP contribution in [0.4, 0.5) is 0 Å². The summed E-state index contributed by atoms with van der Waals surface area (Å²) in [5.74, 6) is 1.32. The first kappa shape index (κ1) is 24.2. The molecule has 3 N–H and O–H groups in total. The number of aliphatic imine (C=N–C) groups is 1. The van der Waals surface area contributed by atoms with Crippen LogP contribution in [0.25, 0.3) is 0 Å². The van der Waals surface area contributed by atoms with Crippen LogP contribution in [-0.2, 0) is 16.0 Å². The lowest BCUT2D eigenvalue weighted by Crippen LogP contribution is -2.40. The second-order valence-corrected chi connectivity index (χ2v) is 8.74. The van der Waals surface area contributed by atoms with E-state index in [9.17, 15) is 4.79 Å². The Kier molecular flexibility index (Phi) is 10.1. The number of carbonyl (C=O) groups is 1. The second-order valence-electron chi connectivity index (χ2n) is 8.74. The summed E-state index contributed by atoms with van der Waals surface area (Å²) >= 11 is 0. The maximum atomic E-state index is 12.3. The largest absolute Gasteiger partial charge is 0.381 e. The summed E-state index contributed by atoms with van der Waals surface area (Å²) < 4.78 is 11.2. The summed E-state index contributed by atoms with van der Waals surface area (Å²) in [4.78, 5) is 16.6. The maximum Gasteiger partial charge on any atom is 0.251 e. The normalized spacial score (nSPS) is 15.7. The first-order valence-corrected chi connectivity index (χ1v) is 10.9. The molecule has 1 aliphatic rings. The van der Waals surface area contributed by atoms with Crippen molar-refractivity contribution in [3.8, 4) is 0 Å². The summed E-state index contributed by atoms with van der Waals surface area (Å²) in [6, 6.07) is 7.64. The van der Waals surface area contributed by atoms with E-state index in [-0.39, 0.29) is 11.4 Å². The molecule has 1 aromatic carbocycles. The molecule has 1 aliphatic heterocycles. The van der Waals surface area contributed by atoms with Gasteiger partial charge < -0.3 is 25.4 Å². The van der Waals surface area contributed by atoms with E-state index in [0.29, 0.717) is 18.0 Å². The monoisotopic (exact) mass is 418 g/mol. The molecule has 1 aromatic rings. The number of hydrogen-bond acceptors (Lipinski definition) is 4. The molecule has 0 unspecified atom stereocenters. The third kappa shape index (κ3) is 9.59. The Labute approximate surface area is 181 Å². The van der Waals surface area contributed by atoms with E-state index in [0.717, 1.165) is 63.8 Å². The Morgan fingerprint density at radius 3 is 2.70 bits per heavy atom. The third-order valence-electron chi connectivity index (χ3n) is 4.81. The van der Waals surface area contributed by atoms with E-state index in [1.165, 1.54) is 0 Å². The van der Waals surface area contributed by atoms with Gasteiger partial charge in [0.05, 0.1) is 0 Å². The molecular weight excluding hydrogens is 380 g/mol. The zero-order valence-electron chi connectivity index (χ0n) is 18.9. The standard InChI is InChI=1S/C23H38N4O3/c1-23(2,3)27-21(28)20-8-5-7-19(15-20)16-26-22(24-4)25-11-6-12-30-17-18-9-13-29-14-10-18/h5,7-8,15,18H,6,9-14,16-17H2,1-4H3,(H,27,28)(H2,24,25,26). The van der Waals surface area contributed by atoms with E-state index < -0.39 is 0 Å². The van der Waals surface area contributed by atoms with Crippen LogP contribution in [-0.4, -0.2) is 57.4 Å². The molecule has 7 nitrogen and oxygen atoms in total. The first-order valence-electron chi connectivity index (χ1n) is 10.9. The van der Waals surface area contributed by atoms with Crippen LogP contribution in [0.2, 0.25) is 0 Å². The molecule has 2 rings (SSSR count). The molecule has 168 valence electrons. The molecule has 0 radical (unpaired) electrons. The SMILES string of the molecule is CN=C(NCCCOCC1CCOCC1)NCc1cccc(C(=O)NC(C)(C)C)c1. The average Bonchev–Trinajstić information content (AvgIpc) is 2.72. The van der Waals surface area contributed by atoms with Crippen LogP contribution in [0.1, 0.15) is 56.0 Å². The highest BCUT2D eigenvalue weighted by atomic mass is 16.5. The van der Waals surface area contributed by atoms with Crippen LogP contribution in [0.5, 0.6) is 0 Å². The van der Waals surface area contributed by atoms with Gasteiger partial charge in [0.15, 0.2) is 5.96 Å². The van der Waals surface area contributed by atoms with E-state index in [4.69, 9.17) is 9.47 Å². The van der Waals surface area contributed by atoms with Gasteiger partial charge in [-0.3, -0.25) is 9.79 Å². The Balaban J connectivity index is 1.66. The molecule has 0 bridgehead atoms. The number of amides is 1. The number of guanidine groups is 1. The van der Waals surface area contributed by atoms with Crippen molar-refractivity contribution in [1.82, 2.24) is 16.0 Å². The van der Waals surface area contributed by atoms with E-state index in [2.05, 4.69) is 20.9 Å². The van der Waals surface area contributed by atoms with Crippen molar-refractivity contribution in [1.29, 1.82) is 0 Å². The van der Waals surface area contributed by atoms with Crippen molar-refractivity contribution in [2.24, 2.45) is 10.9 Å². The highest BCUT2D eigenvalue weighted by molar-refractivity contribution is 5.94. The topological polar surface area (TPSA) is 84.0 Å². The van der Waals surface area contributed by atoms with Crippen molar-refractivity contribution >= 4 is 11.9 Å². The smallest absolute Gasteiger partial charge is 0.251 e. The molecule has 1 heterocycles. The van der Waals surface area contributed by atoms with Gasteiger partial charge in [-0.2, -0.15) is 0 Å². The summed E-state index contributed by atoms with van der Waals surface area (Å²) in [5.41, 5.74) is 1.43. The van der Waals surface area contributed by atoms with Crippen LogP contribution in [0, 0.1) is 5.92 Å². The first-order chi connectivity index (χ1) is 14.4. The van der Waals surface area contributed by atoms with Crippen molar-refractivity contribution in [2.75, 3.05) is 40.0 Å². The molecular formula is C23H38N4O3. The molecule has 1 amide bonds. The Hall–Kier alpha value is -2.12. The van der Waals surface area contributed by atoms with Gasteiger partial charge in [0.1, 0.15) is 0 Å². The molecule has 0 aliphatic carbocycles. The fourth-order valence-electron chi connectivity index (χ4n) is 3.19. The average molecular weight is 419 g/mol. The molecule has 0 aromatic heterocycles. The molecule has 7 heteroatoms. The fraction of sp³-hybridized carbons (Fsp3) is 0.652. The summed E-state index contributed by atoms with van der Waals surface area (Å²) in [6.45, 7) is 10.6. The van der Waals surface area contributed by atoms with Gasteiger partial charge in [-0.1, -0.05) is 12.1 Å². The van der Waals surface area contributed by atoms with Crippen LogP contribution in [0.3, 0.4) is 0 Å². The van der Waals surface area contributed by atoms with Crippen LogP contribution in [0.15, 0.2) is 29.3 Å². The highest BCUT2D eigenvalue weighted by Crippen LogP contribution is 2.14. The summed E-state index contributed by atoms with van der Waals surface area (Å²) in [6.07, 6.45) is 3.13. The Morgan fingerprint density at radius 1 is 1.23 bits per heavy atom. The molecule has 0 saturated carbocycles. The van der Waals surface area contributed by atoms with Gasteiger partial charge >= 0.3 is 0 Å². The number of ether oxygens (including phenoxy) is 2. The predicted molar refractivity (Wildman–Crippen MR) is 121 cm³/mol. The van der Waals surface area contributed by atoms with Crippen molar-refractivity contribution in [2.45, 2.75) is 52.1 Å². The van der Waals surface area contributed by atoms with E-state index in [1.54, 1.807) is 7.05 Å². The second kappa shape index (κ2) is 12.5. The van der Waals surface area contributed by atoms with E-state index >= 15 is 0 Å². The number of benzene rings is 1. The summed E-state index contributed by atoms with van der Waals surface area (Å²) in [5, 5.41) is 9.59. The molecule has 30 heavy (non-hydrogen) atoms. The van der Waals surface area contributed by atoms with Crippen molar-refractivity contribution < 1.29 is 14.3 Å². The van der Waals surface area contributed by atoms with Crippen LogP contribution < -0.4 is 16.0 Å². The molecule has 0 spiro atoms. The minimum atomic E-state index is -0.258. The lowest BCUT2D eigenvalue weighted by atomic mass is 10.0. The Bertz CT molecular complexity index is 679. The molecule has 1 saturated heterocycles. The quantitative estimate of drug-likeness (QED) is 0.326. The lowest BCUT2D eigenvalue weighted by molar-refractivity contribution is 0.0203. The van der Waals surface area contributed by atoms with Gasteiger partial charge in [0.2, 0.25) is 0 Å². The fourth-order valence-corrected chi connectivity index (χ4v) is 3.19. The van der Waals surface area contributed by atoms with Crippen molar-refractivity contribution in [3.05, 3.63) is 35.4 Å². The zero-order valence-corrected chi connectivity index (χ0v) is 18.9. The third-order valence-corrected chi connectivity index (χ3v) is 4.81. The minimum absolute atomic E-state index is 0.0624. The lowest BCUT2D eigenvalue weighted by Gasteiger charge is -2.21. The minimum Gasteiger partial charge on any atom is -0.381 e. The van der Waals surface area contributed by atoms with Gasteiger partial charge in [0, 0.05) is 57.7 Å². The van der Waals surface area contributed by atoms with E-state index in [1.807, 2.05) is 45.0 Å². The number of hydrogen-bond donors (Lipinski definition) is 3. The summed E-state index contributed by atoms with van der Waals surface area (Å²) in [7, 11) is 1.75. The number of rotatable bonds is 9. The molecule has 1 fully saturated rings. The zero-order chi connectivity index (χ0) is 21.8. The van der Waals surface area contributed by atoms with Gasteiger partial charge in [-0.25, -0.2) is 0 Å².